The lowest BCUT2D eigenvalue weighted by atomic mass is 9.97. The molecule has 7 nitrogen and oxygen atoms in total. The maximum Gasteiger partial charge on any atom is 0.416 e. The van der Waals surface area contributed by atoms with Crippen LogP contribution < -0.4 is 0 Å². The largest absolute Gasteiger partial charge is 0.443 e. The zero-order valence-electron chi connectivity index (χ0n) is 16.5. The number of halogens is 1. The van der Waals surface area contributed by atoms with E-state index in [1.54, 1.807) is 26.8 Å². The molecule has 1 fully saturated rings. The monoisotopic (exact) mass is 416 g/mol. The number of fused-ring (bicyclic) bond motifs is 1. The van der Waals surface area contributed by atoms with E-state index < -0.39 is 41.6 Å². The molecule has 2 heterocycles. The molecule has 0 spiro atoms. The number of rotatable bonds is 7. The molecular formula is C19H29FN2O5S. The average Bonchev–Trinajstić information content (AvgIpc) is 3.02. The molecular weight excluding hydrogens is 387 g/mol. The Morgan fingerprint density at radius 3 is 2.71 bits per heavy atom. The smallest absolute Gasteiger partial charge is 0.416 e. The number of carbonyl (C=O) groups excluding carboxylic acids is 1. The van der Waals surface area contributed by atoms with E-state index in [1.165, 1.54) is 11.0 Å². The Morgan fingerprint density at radius 1 is 1.43 bits per heavy atom. The molecule has 0 aromatic carbocycles. The second kappa shape index (κ2) is 9.87. The van der Waals surface area contributed by atoms with Crippen molar-refractivity contribution < 1.29 is 28.5 Å². The number of hydrogen-bond donors (Lipinski definition) is 1. The Kier molecular flexibility index (Phi) is 8.06. The summed E-state index contributed by atoms with van der Waals surface area (Å²) < 4.78 is 32.1. The summed E-state index contributed by atoms with van der Waals surface area (Å²) >= 11 is 1.16. The number of alkyl halides is 1. The summed E-state index contributed by atoms with van der Waals surface area (Å²) in [6.07, 6.45) is -0.191. The number of aliphatic imine (C=N–C) groups is 1. The van der Waals surface area contributed by atoms with Crippen molar-refractivity contribution in [1.82, 2.24) is 4.90 Å². The van der Waals surface area contributed by atoms with Gasteiger partial charge in [-0.3, -0.25) is 9.89 Å². The van der Waals surface area contributed by atoms with Crippen molar-refractivity contribution in [3.8, 4) is 0 Å². The number of aliphatic hydroxyl groups is 1. The minimum absolute atomic E-state index is 0.151. The van der Waals surface area contributed by atoms with Gasteiger partial charge in [0, 0.05) is 13.2 Å². The predicted molar refractivity (Wildman–Crippen MR) is 107 cm³/mol. The predicted octanol–water partition coefficient (Wildman–Crippen LogP) is 2.90. The number of hydrogen-bond acceptors (Lipinski definition) is 7. The van der Waals surface area contributed by atoms with Crippen LogP contribution in [0.25, 0.3) is 0 Å². The molecule has 0 unspecified atom stereocenters. The fourth-order valence-electron chi connectivity index (χ4n) is 2.92. The van der Waals surface area contributed by atoms with E-state index in [2.05, 4.69) is 18.2 Å². The van der Waals surface area contributed by atoms with Crippen LogP contribution in [0.2, 0.25) is 0 Å². The Labute approximate surface area is 169 Å². The molecule has 0 bridgehead atoms. The van der Waals surface area contributed by atoms with E-state index in [-0.39, 0.29) is 26.2 Å². The first-order valence-corrected chi connectivity index (χ1v) is 10.1. The van der Waals surface area contributed by atoms with Gasteiger partial charge in [-0.2, -0.15) is 0 Å². The van der Waals surface area contributed by atoms with Crippen molar-refractivity contribution in [1.29, 1.82) is 0 Å². The lowest BCUT2D eigenvalue weighted by Crippen LogP contribution is -2.54. The van der Waals surface area contributed by atoms with Gasteiger partial charge in [0.1, 0.15) is 23.2 Å². The molecule has 1 N–H and O–H groups in total. The van der Waals surface area contributed by atoms with Crippen LogP contribution in [-0.4, -0.2) is 76.5 Å². The molecule has 0 aliphatic carbocycles. The Balaban J connectivity index is 2.21. The molecule has 1 amide bonds. The maximum atomic E-state index is 15.2. The van der Waals surface area contributed by atoms with Gasteiger partial charge in [0.15, 0.2) is 11.3 Å². The van der Waals surface area contributed by atoms with Gasteiger partial charge in [-0.1, -0.05) is 23.9 Å². The molecule has 28 heavy (non-hydrogen) atoms. The first-order chi connectivity index (χ1) is 13.2. The second-order valence-electron chi connectivity index (χ2n) is 7.49. The van der Waals surface area contributed by atoms with Crippen molar-refractivity contribution in [2.45, 2.75) is 62.7 Å². The van der Waals surface area contributed by atoms with Crippen LogP contribution in [0.15, 0.2) is 30.3 Å². The van der Waals surface area contributed by atoms with Crippen LogP contribution in [-0.2, 0) is 14.2 Å². The van der Waals surface area contributed by atoms with Gasteiger partial charge in [-0.15, -0.1) is 13.2 Å². The standard InChI is InChI=1S/C19H29FN2O5S/c1-6-9-22(18(24)27-19(3,4)5)17-21-14-13(20)15(25-11-7-2)12(8-10-23)26-16(14)28-17/h6-7,12-16,23H,1-2,8-11H2,3-5H3/t12-,13-,14-,15-,16-/m1/s1. The number of amidine groups is 1. The summed E-state index contributed by atoms with van der Waals surface area (Å²) in [5.41, 5.74) is -1.29. The second-order valence-corrected chi connectivity index (χ2v) is 8.55. The van der Waals surface area contributed by atoms with Crippen molar-refractivity contribution >= 4 is 23.0 Å². The normalized spacial score (nSPS) is 29.6. The Morgan fingerprint density at radius 2 is 2.14 bits per heavy atom. The van der Waals surface area contributed by atoms with E-state index in [9.17, 15) is 9.90 Å². The molecule has 2 aliphatic rings. The molecule has 158 valence electrons. The number of ether oxygens (including phenoxy) is 3. The first kappa shape index (κ1) is 22.9. The molecule has 2 aliphatic heterocycles. The first-order valence-electron chi connectivity index (χ1n) is 9.20. The van der Waals surface area contributed by atoms with Gasteiger partial charge in [-0.25, -0.2) is 9.18 Å². The molecule has 2 rings (SSSR count). The molecule has 1 saturated heterocycles. The van der Waals surface area contributed by atoms with Crippen LogP contribution >= 0.6 is 11.8 Å². The quantitative estimate of drug-likeness (QED) is 0.643. The van der Waals surface area contributed by atoms with E-state index in [0.717, 1.165) is 11.8 Å². The van der Waals surface area contributed by atoms with Gasteiger partial charge in [0.2, 0.25) is 0 Å². The topological polar surface area (TPSA) is 80.6 Å². The van der Waals surface area contributed by atoms with Crippen molar-refractivity contribution in [3.63, 3.8) is 0 Å². The summed E-state index contributed by atoms with van der Waals surface area (Å²) in [7, 11) is 0. The SMILES string of the molecule is C=CCO[C@H]1[C@H](F)[C@H]2N=C(N(CC=C)C(=O)OC(C)(C)C)S[C@H]2O[C@@H]1CCO. The summed E-state index contributed by atoms with van der Waals surface area (Å²) in [5.74, 6) is 0. The van der Waals surface area contributed by atoms with Crippen molar-refractivity contribution in [3.05, 3.63) is 25.3 Å². The van der Waals surface area contributed by atoms with Gasteiger partial charge in [0.05, 0.1) is 12.7 Å². The summed E-state index contributed by atoms with van der Waals surface area (Å²) in [5, 5.41) is 9.60. The van der Waals surface area contributed by atoms with Crippen LogP contribution in [0.4, 0.5) is 9.18 Å². The molecule has 9 heteroatoms. The van der Waals surface area contributed by atoms with Gasteiger partial charge in [-0.05, 0) is 27.2 Å². The van der Waals surface area contributed by atoms with Gasteiger partial charge < -0.3 is 19.3 Å². The minimum Gasteiger partial charge on any atom is -0.443 e. The number of carbonyl (C=O) groups is 1. The Bertz CT molecular complexity index is 610. The fraction of sp³-hybridized carbons (Fsp3) is 0.684. The summed E-state index contributed by atoms with van der Waals surface area (Å²) in [4.78, 5) is 18.3. The van der Waals surface area contributed by atoms with Gasteiger partial charge in [0.25, 0.3) is 0 Å². The van der Waals surface area contributed by atoms with Crippen LogP contribution in [0.5, 0.6) is 0 Å². The molecule has 0 saturated carbocycles. The number of amides is 1. The van der Waals surface area contributed by atoms with E-state index >= 15 is 4.39 Å². The minimum atomic E-state index is -1.44. The lowest BCUT2D eigenvalue weighted by Gasteiger charge is -2.39. The zero-order valence-corrected chi connectivity index (χ0v) is 17.4. The van der Waals surface area contributed by atoms with Crippen LogP contribution in [0.1, 0.15) is 27.2 Å². The highest BCUT2D eigenvalue weighted by Gasteiger charge is 2.51. The number of aliphatic hydroxyl groups excluding tert-OH is 1. The van der Waals surface area contributed by atoms with Crippen molar-refractivity contribution in [2.24, 2.45) is 4.99 Å². The number of nitrogens with zero attached hydrogens (tertiary/aromatic N) is 2. The highest BCUT2D eigenvalue weighted by atomic mass is 32.2. The highest BCUT2D eigenvalue weighted by molar-refractivity contribution is 8.14. The zero-order chi connectivity index (χ0) is 20.9. The molecule has 5 atom stereocenters. The highest BCUT2D eigenvalue weighted by Crippen LogP contribution is 2.40. The number of thioether (sulfide) groups is 1. The summed E-state index contributed by atoms with van der Waals surface area (Å²) in [6.45, 7) is 12.7. The lowest BCUT2D eigenvalue weighted by molar-refractivity contribution is -0.155. The average molecular weight is 417 g/mol. The summed E-state index contributed by atoms with van der Waals surface area (Å²) in [6, 6.07) is -0.820. The third-order valence-electron chi connectivity index (χ3n) is 4.05. The molecule has 0 radical (unpaired) electrons. The fourth-order valence-corrected chi connectivity index (χ4v) is 4.13. The maximum absolute atomic E-state index is 15.2. The van der Waals surface area contributed by atoms with Crippen molar-refractivity contribution in [2.75, 3.05) is 19.8 Å². The third-order valence-corrected chi connectivity index (χ3v) is 5.21. The molecule has 0 aromatic heterocycles. The van der Waals surface area contributed by atoms with Crippen LogP contribution in [0, 0.1) is 0 Å². The van der Waals surface area contributed by atoms with E-state index in [1.807, 2.05) is 0 Å². The van der Waals surface area contributed by atoms with E-state index in [0.29, 0.717) is 5.17 Å². The molecule has 0 aromatic rings. The Hall–Kier alpha value is -1.42. The van der Waals surface area contributed by atoms with E-state index in [4.69, 9.17) is 14.2 Å². The third kappa shape index (κ3) is 5.56. The van der Waals surface area contributed by atoms with Crippen LogP contribution in [0.3, 0.4) is 0 Å². The van der Waals surface area contributed by atoms with Gasteiger partial charge >= 0.3 is 6.09 Å².